The number of hydrogen-bond donors (Lipinski definition) is 1. The molecule has 0 radical (unpaired) electrons. The summed E-state index contributed by atoms with van der Waals surface area (Å²) in [7, 11) is 3.43. The van der Waals surface area contributed by atoms with E-state index in [9.17, 15) is 0 Å². The molecule has 0 spiro atoms. The van der Waals surface area contributed by atoms with E-state index >= 15 is 0 Å². The average Bonchev–Trinajstić information content (AvgIpc) is 2.49. The van der Waals surface area contributed by atoms with Crippen molar-refractivity contribution in [2.24, 2.45) is 11.8 Å². The van der Waals surface area contributed by atoms with Gasteiger partial charge in [0.15, 0.2) is 0 Å². The van der Waals surface area contributed by atoms with Crippen molar-refractivity contribution >= 4 is 0 Å². The predicted octanol–water partition coefficient (Wildman–Crippen LogP) is 3.93. The maximum Gasteiger partial charge on any atom is 0.129 e. The summed E-state index contributed by atoms with van der Waals surface area (Å²) in [4.78, 5) is 0. The third-order valence-electron chi connectivity index (χ3n) is 4.75. The number of rotatable bonds is 6. The van der Waals surface area contributed by atoms with Gasteiger partial charge in [0, 0.05) is 17.7 Å². The van der Waals surface area contributed by atoms with E-state index in [4.69, 9.17) is 9.47 Å². The zero-order chi connectivity index (χ0) is 15.2. The summed E-state index contributed by atoms with van der Waals surface area (Å²) in [6.07, 6.45) is 5.51. The first kappa shape index (κ1) is 16.2. The number of methoxy groups -OCH3 is 2. The van der Waals surface area contributed by atoms with Crippen LogP contribution in [0.15, 0.2) is 12.1 Å². The highest BCUT2D eigenvalue weighted by Crippen LogP contribution is 2.31. The molecule has 1 aromatic carbocycles. The molecular formula is C18H29NO2. The molecular weight excluding hydrogens is 262 g/mol. The molecule has 0 bridgehead atoms. The van der Waals surface area contributed by atoms with Gasteiger partial charge in [0.2, 0.25) is 0 Å². The molecule has 118 valence electrons. The SMILES string of the molecule is COc1ccc(CNCC2CCC(C)CC2)c(OC)c1C. The smallest absolute Gasteiger partial charge is 0.129 e. The molecule has 0 unspecified atom stereocenters. The molecule has 1 fully saturated rings. The van der Waals surface area contributed by atoms with Crippen LogP contribution >= 0.6 is 0 Å². The van der Waals surface area contributed by atoms with Gasteiger partial charge in [-0.3, -0.25) is 0 Å². The van der Waals surface area contributed by atoms with E-state index in [0.717, 1.165) is 42.0 Å². The van der Waals surface area contributed by atoms with E-state index in [-0.39, 0.29) is 0 Å². The number of hydrogen-bond acceptors (Lipinski definition) is 3. The molecule has 0 heterocycles. The van der Waals surface area contributed by atoms with Crippen LogP contribution in [0.25, 0.3) is 0 Å². The largest absolute Gasteiger partial charge is 0.496 e. The van der Waals surface area contributed by atoms with Crippen molar-refractivity contribution in [2.75, 3.05) is 20.8 Å². The molecule has 1 saturated carbocycles. The van der Waals surface area contributed by atoms with Crippen molar-refractivity contribution in [3.05, 3.63) is 23.3 Å². The molecule has 0 aliphatic heterocycles. The van der Waals surface area contributed by atoms with E-state index in [1.54, 1.807) is 14.2 Å². The van der Waals surface area contributed by atoms with Crippen LogP contribution in [0.1, 0.15) is 43.7 Å². The zero-order valence-electron chi connectivity index (χ0n) is 13.9. The number of benzene rings is 1. The molecule has 0 saturated heterocycles. The predicted molar refractivity (Wildman–Crippen MR) is 87.1 cm³/mol. The summed E-state index contributed by atoms with van der Waals surface area (Å²) in [6, 6.07) is 4.12. The Morgan fingerprint density at radius 1 is 1.10 bits per heavy atom. The van der Waals surface area contributed by atoms with Gasteiger partial charge in [-0.15, -0.1) is 0 Å². The van der Waals surface area contributed by atoms with Gasteiger partial charge in [-0.2, -0.15) is 0 Å². The molecule has 0 atom stereocenters. The number of ether oxygens (including phenoxy) is 2. The fourth-order valence-electron chi connectivity index (χ4n) is 3.32. The van der Waals surface area contributed by atoms with Crippen LogP contribution in [0.3, 0.4) is 0 Å². The lowest BCUT2D eigenvalue weighted by atomic mass is 9.83. The van der Waals surface area contributed by atoms with Crippen LogP contribution in [-0.2, 0) is 6.54 Å². The summed E-state index contributed by atoms with van der Waals surface area (Å²) in [5.41, 5.74) is 2.28. The monoisotopic (exact) mass is 291 g/mol. The summed E-state index contributed by atoms with van der Waals surface area (Å²) in [6.45, 7) is 6.39. The Bertz CT molecular complexity index is 451. The minimum absolute atomic E-state index is 0.839. The number of nitrogens with one attached hydrogen (secondary N) is 1. The topological polar surface area (TPSA) is 30.5 Å². The second kappa shape index (κ2) is 7.69. The van der Waals surface area contributed by atoms with E-state index < -0.39 is 0 Å². The van der Waals surface area contributed by atoms with Crippen LogP contribution in [0.5, 0.6) is 11.5 Å². The van der Waals surface area contributed by atoms with Gasteiger partial charge < -0.3 is 14.8 Å². The van der Waals surface area contributed by atoms with Crippen molar-refractivity contribution in [2.45, 2.75) is 46.1 Å². The normalized spacial score (nSPS) is 22.1. The highest BCUT2D eigenvalue weighted by atomic mass is 16.5. The maximum absolute atomic E-state index is 5.56. The van der Waals surface area contributed by atoms with E-state index in [2.05, 4.69) is 18.3 Å². The molecule has 0 amide bonds. The lowest BCUT2D eigenvalue weighted by Gasteiger charge is -2.26. The van der Waals surface area contributed by atoms with Gasteiger partial charge in [0.1, 0.15) is 11.5 Å². The Morgan fingerprint density at radius 2 is 1.81 bits per heavy atom. The van der Waals surface area contributed by atoms with Crippen molar-refractivity contribution in [3.8, 4) is 11.5 Å². The first-order chi connectivity index (χ1) is 10.2. The van der Waals surface area contributed by atoms with Crippen molar-refractivity contribution < 1.29 is 9.47 Å². The molecule has 1 aliphatic carbocycles. The fraction of sp³-hybridized carbons (Fsp3) is 0.667. The molecule has 1 N–H and O–H groups in total. The first-order valence-electron chi connectivity index (χ1n) is 8.06. The highest BCUT2D eigenvalue weighted by molar-refractivity contribution is 5.49. The molecule has 0 aromatic heterocycles. The summed E-state index contributed by atoms with van der Waals surface area (Å²) < 4.78 is 10.9. The lowest BCUT2D eigenvalue weighted by molar-refractivity contribution is 0.281. The van der Waals surface area contributed by atoms with Gasteiger partial charge in [-0.05, 0) is 44.2 Å². The van der Waals surface area contributed by atoms with E-state index in [0.29, 0.717) is 0 Å². The van der Waals surface area contributed by atoms with Crippen LogP contribution in [0.2, 0.25) is 0 Å². The standard InChI is InChI=1S/C18H29NO2/c1-13-5-7-15(8-6-13)11-19-12-16-9-10-17(20-3)14(2)18(16)21-4/h9-10,13,15,19H,5-8,11-12H2,1-4H3. The van der Waals surface area contributed by atoms with Crippen LogP contribution in [-0.4, -0.2) is 20.8 Å². The van der Waals surface area contributed by atoms with Gasteiger partial charge in [0.25, 0.3) is 0 Å². The molecule has 21 heavy (non-hydrogen) atoms. The van der Waals surface area contributed by atoms with Crippen LogP contribution in [0, 0.1) is 18.8 Å². The van der Waals surface area contributed by atoms with Gasteiger partial charge >= 0.3 is 0 Å². The van der Waals surface area contributed by atoms with Gasteiger partial charge in [-0.1, -0.05) is 25.8 Å². The van der Waals surface area contributed by atoms with E-state index in [1.807, 2.05) is 13.0 Å². The Morgan fingerprint density at radius 3 is 2.43 bits per heavy atom. The highest BCUT2D eigenvalue weighted by Gasteiger charge is 2.18. The molecule has 1 aromatic rings. The Kier molecular flexibility index (Phi) is 5.92. The summed E-state index contributed by atoms with van der Waals surface area (Å²) in [5.74, 6) is 3.59. The van der Waals surface area contributed by atoms with Crippen molar-refractivity contribution in [1.29, 1.82) is 0 Å². The average molecular weight is 291 g/mol. The minimum atomic E-state index is 0.839. The third-order valence-corrected chi connectivity index (χ3v) is 4.75. The second-order valence-electron chi connectivity index (χ2n) is 6.34. The minimum Gasteiger partial charge on any atom is -0.496 e. The third kappa shape index (κ3) is 4.13. The molecule has 3 heteroatoms. The van der Waals surface area contributed by atoms with Crippen molar-refractivity contribution in [1.82, 2.24) is 5.32 Å². The fourth-order valence-corrected chi connectivity index (χ4v) is 3.32. The molecule has 1 aliphatic rings. The van der Waals surface area contributed by atoms with Crippen LogP contribution in [0.4, 0.5) is 0 Å². The Balaban J connectivity index is 1.89. The molecule has 2 rings (SSSR count). The lowest BCUT2D eigenvalue weighted by Crippen LogP contribution is -2.26. The summed E-state index contributed by atoms with van der Waals surface area (Å²) >= 11 is 0. The van der Waals surface area contributed by atoms with Gasteiger partial charge in [0.05, 0.1) is 14.2 Å². The Labute approximate surface area is 129 Å². The second-order valence-corrected chi connectivity index (χ2v) is 6.34. The maximum atomic E-state index is 5.56. The summed E-state index contributed by atoms with van der Waals surface area (Å²) in [5, 5.41) is 3.60. The quantitative estimate of drug-likeness (QED) is 0.861. The first-order valence-corrected chi connectivity index (χ1v) is 8.06. The van der Waals surface area contributed by atoms with Crippen molar-refractivity contribution in [3.63, 3.8) is 0 Å². The Hall–Kier alpha value is -1.22. The van der Waals surface area contributed by atoms with Gasteiger partial charge in [-0.25, -0.2) is 0 Å². The zero-order valence-corrected chi connectivity index (χ0v) is 13.9. The molecule has 3 nitrogen and oxygen atoms in total. The van der Waals surface area contributed by atoms with Crippen LogP contribution < -0.4 is 14.8 Å². The van der Waals surface area contributed by atoms with E-state index in [1.165, 1.54) is 31.2 Å².